The van der Waals surface area contributed by atoms with Crippen LogP contribution in [-0.4, -0.2) is 47.1 Å². The molecular weight excluding hydrogens is 186 g/mol. The lowest BCUT2D eigenvalue weighted by Crippen LogP contribution is -2.41. The van der Waals surface area contributed by atoms with Gasteiger partial charge in [-0.1, -0.05) is 5.16 Å². The number of likely N-dealkylation sites (tertiary alicyclic amines) is 1. The molecule has 1 aliphatic heterocycles. The van der Waals surface area contributed by atoms with Crippen molar-refractivity contribution in [3.63, 3.8) is 0 Å². The van der Waals surface area contributed by atoms with Crippen LogP contribution < -0.4 is 5.73 Å². The van der Waals surface area contributed by atoms with Crippen molar-refractivity contribution in [2.75, 3.05) is 25.1 Å². The van der Waals surface area contributed by atoms with E-state index in [-0.39, 0.29) is 6.04 Å². The number of rotatable bonds is 4. The molecule has 3 N–H and O–H groups in total. The van der Waals surface area contributed by atoms with Gasteiger partial charge in [0, 0.05) is 12.3 Å². The Morgan fingerprint density at radius 3 is 3.15 bits per heavy atom. The number of hydrogen-bond donors (Lipinski definition) is 2. The maximum Gasteiger partial charge on any atom is 0.156 e. The monoisotopic (exact) mass is 203 g/mol. The molecule has 0 bridgehead atoms. The maximum absolute atomic E-state index is 8.57. The van der Waals surface area contributed by atoms with Crippen LogP contribution in [0.3, 0.4) is 0 Å². The van der Waals surface area contributed by atoms with Crippen LogP contribution in [0.25, 0.3) is 0 Å². The number of thioether (sulfide) groups is 1. The summed E-state index contributed by atoms with van der Waals surface area (Å²) in [4.78, 5) is 2.28. The van der Waals surface area contributed by atoms with Gasteiger partial charge < -0.3 is 10.9 Å². The highest BCUT2D eigenvalue weighted by molar-refractivity contribution is 7.98. The number of hydrogen-bond acceptors (Lipinski definition) is 4. The molecule has 0 aromatic rings. The first-order valence-corrected chi connectivity index (χ1v) is 5.89. The van der Waals surface area contributed by atoms with Crippen LogP contribution in [0.5, 0.6) is 0 Å². The van der Waals surface area contributed by atoms with Crippen molar-refractivity contribution in [3.8, 4) is 0 Å². The summed E-state index contributed by atoms with van der Waals surface area (Å²) in [5.74, 6) is 1.47. The summed E-state index contributed by atoms with van der Waals surface area (Å²) in [6, 6.07) is 0.164. The Balaban J connectivity index is 2.44. The summed E-state index contributed by atoms with van der Waals surface area (Å²) in [5.41, 5.74) is 5.59. The molecule has 1 aliphatic rings. The molecule has 0 amide bonds. The van der Waals surface area contributed by atoms with Crippen molar-refractivity contribution in [2.45, 2.75) is 18.9 Å². The van der Waals surface area contributed by atoms with Crippen LogP contribution in [-0.2, 0) is 0 Å². The molecule has 0 spiro atoms. The highest BCUT2D eigenvalue weighted by Gasteiger charge is 2.27. The quantitative estimate of drug-likeness (QED) is 0.303. The smallest absolute Gasteiger partial charge is 0.156 e. The zero-order chi connectivity index (χ0) is 9.68. The van der Waals surface area contributed by atoms with E-state index in [4.69, 9.17) is 10.9 Å². The minimum Gasteiger partial charge on any atom is -0.409 e. The van der Waals surface area contributed by atoms with Gasteiger partial charge in [0.2, 0.25) is 0 Å². The molecule has 1 atom stereocenters. The van der Waals surface area contributed by atoms with E-state index in [0.717, 1.165) is 31.7 Å². The molecule has 1 rings (SSSR count). The molecule has 76 valence electrons. The summed E-state index contributed by atoms with van der Waals surface area (Å²) in [5, 5.41) is 11.6. The van der Waals surface area contributed by atoms with E-state index < -0.39 is 0 Å². The molecule has 1 fully saturated rings. The van der Waals surface area contributed by atoms with Crippen molar-refractivity contribution in [1.82, 2.24) is 4.90 Å². The van der Waals surface area contributed by atoms with Gasteiger partial charge in [0.25, 0.3) is 0 Å². The molecule has 4 nitrogen and oxygen atoms in total. The summed E-state index contributed by atoms with van der Waals surface area (Å²) < 4.78 is 0. The van der Waals surface area contributed by atoms with E-state index in [9.17, 15) is 0 Å². The zero-order valence-electron chi connectivity index (χ0n) is 7.94. The van der Waals surface area contributed by atoms with E-state index in [0.29, 0.717) is 5.84 Å². The van der Waals surface area contributed by atoms with Gasteiger partial charge in [-0.25, -0.2) is 0 Å². The van der Waals surface area contributed by atoms with Gasteiger partial charge in [0.15, 0.2) is 5.84 Å². The highest BCUT2D eigenvalue weighted by Crippen LogP contribution is 2.17. The summed E-state index contributed by atoms with van der Waals surface area (Å²) in [7, 11) is 0. The fourth-order valence-electron chi connectivity index (χ4n) is 1.70. The van der Waals surface area contributed by atoms with E-state index in [1.54, 1.807) is 0 Å². The Morgan fingerprint density at radius 2 is 2.54 bits per heavy atom. The van der Waals surface area contributed by atoms with Gasteiger partial charge >= 0.3 is 0 Å². The average molecular weight is 203 g/mol. The van der Waals surface area contributed by atoms with Crippen LogP contribution in [0.15, 0.2) is 5.16 Å². The molecular formula is C8H17N3OS. The predicted octanol–water partition coefficient (Wildman–Crippen LogP) is 0.560. The van der Waals surface area contributed by atoms with Crippen LogP contribution in [0.2, 0.25) is 0 Å². The molecule has 1 saturated heterocycles. The average Bonchev–Trinajstić information content (AvgIpc) is 2.61. The maximum atomic E-state index is 8.57. The number of oxime groups is 1. The molecule has 5 heteroatoms. The van der Waals surface area contributed by atoms with Crippen LogP contribution >= 0.6 is 11.8 Å². The lowest BCUT2D eigenvalue weighted by Gasteiger charge is -2.22. The van der Waals surface area contributed by atoms with E-state index in [1.807, 2.05) is 11.8 Å². The van der Waals surface area contributed by atoms with Crippen LogP contribution in [0, 0.1) is 0 Å². The summed E-state index contributed by atoms with van der Waals surface area (Å²) >= 11 is 1.82. The van der Waals surface area contributed by atoms with Crippen molar-refractivity contribution in [1.29, 1.82) is 0 Å². The molecule has 1 unspecified atom stereocenters. The number of amidine groups is 1. The Labute approximate surface area is 83.2 Å². The van der Waals surface area contributed by atoms with Crippen LogP contribution in [0.1, 0.15) is 12.8 Å². The summed E-state index contributed by atoms with van der Waals surface area (Å²) in [6.45, 7) is 2.10. The Hall–Kier alpha value is -0.420. The second-order valence-corrected chi connectivity index (χ2v) is 4.20. The molecule has 0 saturated carbocycles. The Kier molecular flexibility index (Phi) is 4.38. The van der Waals surface area contributed by atoms with Gasteiger partial charge in [-0.15, -0.1) is 0 Å². The number of nitrogens with zero attached hydrogens (tertiary/aromatic N) is 2. The zero-order valence-corrected chi connectivity index (χ0v) is 8.76. The first-order valence-electron chi connectivity index (χ1n) is 4.50. The Bertz CT molecular complexity index is 186. The third-order valence-corrected chi connectivity index (χ3v) is 2.99. The lowest BCUT2D eigenvalue weighted by molar-refractivity contribution is 0.290. The Morgan fingerprint density at radius 1 is 1.77 bits per heavy atom. The van der Waals surface area contributed by atoms with Gasteiger partial charge in [-0.3, -0.25) is 4.90 Å². The predicted molar refractivity (Wildman–Crippen MR) is 56.4 cm³/mol. The van der Waals surface area contributed by atoms with Crippen molar-refractivity contribution in [2.24, 2.45) is 10.9 Å². The molecule has 0 aromatic heterocycles. The molecule has 13 heavy (non-hydrogen) atoms. The highest BCUT2D eigenvalue weighted by atomic mass is 32.2. The first kappa shape index (κ1) is 10.7. The second-order valence-electron chi connectivity index (χ2n) is 3.21. The molecule has 0 aromatic carbocycles. The van der Waals surface area contributed by atoms with E-state index in [2.05, 4.69) is 16.3 Å². The van der Waals surface area contributed by atoms with Gasteiger partial charge in [0.05, 0.1) is 6.04 Å². The first-order chi connectivity index (χ1) is 6.29. The van der Waals surface area contributed by atoms with Gasteiger partial charge in [-0.2, -0.15) is 11.8 Å². The fourth-order valence-corrected chi connectivity index (χ4v) is 2.12. The SMILES string of the molecule is CSCCN1CCCC1C(N)=NO. The third kappa shape index (κ3) is 2.77. The van der Waals surface area contributed by atoms with Gasteiger partial charge in [-0.05, 0) is 25.6 Å². The molecule has 1 heterocycles. The second kappa shape index (κ2) is 5.34. The van der Waals surface area contributed by atoms with Gasteiger partial charge in [0.1, 0.15) is 0 Å². The fraction of sp³-hybridized carbons (Fsp3) is 0.875. The van der Waals surface area contributed by atoms with Crippen molar-refractivity contribution >= 4 is 17.6 Å². The number of nitrogens with two attached hydrogens (primary N) is 1. The molecule has 0 radical (unpaired) electrons. The topological polar surface area (TPSA) is 61.8 Å². The summed E-state index contributed by atoms with van der Waals surface area (Å²) in [6.07, 6.45) is 4.26. The van der Waals surface area contributed by atoms with Crippen molar-refractivity contribution < 1.29 is 5.21 Å². The lowest BCUT2D eigenvalue weighted by atomic mass is 10.2. The van der Waals surface area contributed by atoms with E-state index >= 15 is 0 Å². The van der Waals surface area contributed by atoms with Crippen LogP contribution in [0.4, 0.5) is 0 Å². The minimum absolute atomic E-state index is 0.164. The normalized spacial score (nSPS) is 25.3. The van der Waals surface area contributed by atoms with Crippen molar-refractivity contribution in [3.05, 3.63) is 0 Å². The standard InChI is InChI=1S/C8H17N3OS/c1-13-6-5-11-4-2-3-7(11)8(9)10-12/h7,12H,2-6H2,1H3,(H2,9,10). The third-order valence-electron chi connectivity index (χ3n) is 2.40. The minimum atomic E-state index is 0.164. The van der Waals surface area contributed by atoms with E-state index in [1.165, 1.54) is 0 Å². The molecule has 0 aliphatic carbocycles. The largest absolute Gasteiger partial charge is 0.409 e.